The zero-order valence-corrected chi connectivity index (χ0v) is 13.7. The van der Waals surface area contributed by atoms with Crippen LogP contribution in [0.5, 0.6) is 5.75 Å². The van der Waals surface area contributed by atoms with Gasteiger partial charge in [-0.25, -0.2) is 4.90 Å². The number of hydrogen-bond donors (Lipinski definition) is 0. The molecular weight excluding hydrogens is 334 g/mol. The summed E-state index contributed by atoms with van der Waals surface area (Å²) in [4.78, 5) is 26.3. The number of hydrogen-bond acceptors (Lipinski definition) is 4. The molecule has 1 aliphatic heterocycles. The van der Waals surface area contributed by atoms with Gasteiger partial charge in [0, 0.05) is 5.02 Å². The van der Waals surface area contributed by atoms with E-state index >= 15 is 0 Å². The lowest BCUT2D eigenvalue weighted by Crippen LogP contribution is -2.28. The monoisotopic (exact) mass is 345 g/mol. The second-order valence-electron chi connectivity index (χ2n) is 4.71. The van der Waals surface area contributed by atoms with Crippen LogP contribution in [0.1, 0.15) is 5.56 Å². The number of rotatable bonds is 3. The maximum absolute atomic E-state index is 12.6. The molecule has 0 unspecified atom stereocenters. The average molecular weight is 346 g/mol. The first-order valence-electron chi connectivity index (χ1n) is 6.77. The molecule has 2 aromatic carbocycles. The minimum Gasteiger partial charge on any atom is -0.495 e. The van der Waals surface area contributed by atoms with Crippen molar-refractivity contribution in [2.45, 2.75) is 0 Å². The first-order valence-corrected chi connectivity index (χ1v) is 7.97. The zero-order valence-electron chi connectivity index (χ0n) is 12.2. The highest BCUT2D eigenvalue weighted by molar-refractivity contribution is 8.19. The van der Waals surface area contributed by atoms with Gasteiger partial charge in [-0.05, 0) is 41.6 Å². The molecule has 6 heteroatoms. The zero-order chi connectivity index (χ0) is 16.4. The summed E-state index contributed by atoms with van der Waals surface area (Å²) in [6.45, 7) is 0. The molecule has 1 aliphatic rings. The third-order valence-electron chi connectivity index (χ3n) is 3.31. The number of methoxy groups -OCH3 is 1. The number of anilines is 1. The van der Waals surface area contributed by atoms with Crippen LogP contribution < -0.4 is 9.64 Å². The lowest BCUT2D eigenvalue weighted by atomic mass is 10.2. The molecule has 23 heavy (non-hydrogen) atoms. The van der Waals surface area contributed by atoms with E-state index < -0.39 is 0 Å². The van der Waals surface area contributed by atoms with Gasteiger partial charge < -0.3 is 4.74 Å². The smallest absolute Gasteiger partial charge is 0.298 e. The Morgan fingerprint density at radius 1 is 1.09 bits per heavy atom. The Bertz CT molecular complexity index is 819. The fourth-order valence-corrected chi connectivity index (χ4v) is 3.24. The summed E-state index contributed by atoms with van der Waals surface area (Å²) >= 11 is 6.99. The summed E-state index contributed by atoms with van der Waals surface area (Å²) in [6, 6.07) is 14.1. The molecule has 0 spiro atoms. The van der Waals surface area contributed by atoms with Crippen molar-refractivity contribution in [3.63, 3.8) is 0 Å². The second-order valence-corrected chi connectivity index (χ2v) is 6.11. The van der Waals surface area contributed by atoms with Crippen molar-refractivity contribution >= 4 is 46.3 Å². The number of para-hydroxylation sites is 2. The second kappa shape index (κ2) is 6.48. The van der Waals surface area contributed by atoms with Crippen LogP contribution in [0.15, 0.2) is 53.4 Å². The third kappa shape index (κ3) is 2.98. The molecule has 0 atom stereocenters. The van der Waals surface area contributed by atoms with Crippen LogP contribution in [0.25, 0.3) is 6.08 Å². The van der Waals surface area contributed by atoms with E-state index in [9.17, 15) is 9.59 Å². The molecule has 0 aromatic heterocycles. The molecule has 2 amide bonds. The molecular formula is C17H12ClNO3S. The Labute approximate surface area is 142 Å². The normalized spacial score (nSPS) is 16.3. The summed E-state index contributed by atoms with van der Waals surface area (Å²) in [5.41, 5.74) is 1.12. The van der Waals surface area contributed by atoms with Crippen molar-refractivity contribution < 1.29 is 14.3 Å². The lowest BCUT2D eigenvalue weighted by molar-refractivity contribution is -0.113. The lowest BCUT2D eigenvalue weighted by Gasteiger charge is -2.15. The summed E-state index contributed by atoms with van der Waals surface area (Å²) in [6.07, 6.45) is 1.63. The molecule has 0 saturated carbocycles. The molecule has 1 saturated heterocycles. The van der Waals surface area contributed by atoms with E-state index in [4.69, 9.17) is 16.3 Å². The Morgan fingerprint density at radius 3 is 2.52 bits per heavy atom. The Morgan fingerprint density at radius 2 is 1.78 bits per heavy atom. The quantitative estimate of drug-likeness (QED) is 0.763. The van der Waals surface area contributed by atoms with Gasteiger partial charge in [0.2, 0.25) is 0 Å². The van der Waals surface area contributed by atoms with Crippen molar-refractivity contribution in [1.29, 1.82) is 0 Å². The van der Waals surface area contributed by atoms with E-state index in [-0.39, 0.29) is 11.1 Å². The van der Waals surface area contributed by atoms with Gasteiger partial charge in [-0.2, -0.15) is 0 Å². The number of halogens is 1. The van der Waals surface area contributed by atoms with Gasteiger partial charge in [-0.15, -0.1) is 0 Å². The molecule has 0 radical (unpaired) electrons. The van der Waals surface area contributed by atoms with Gasteiger partial charge in [0.25, 0.3) is 11.1 Å². The molecule has 1 heterocycles. The van der Waals surface area contributed by atoms with Crippen LogP contribution in [0.3, 0.4) is 0 Å². The number of thioether (sulfide) groups is 1. The first-order chi connectivity index (χ1) is 11.1. The number of carbonyl (C=O) groups excluding carboxylic acids is 2. The fourth-order valence-electron chi connectivity index (χ4n) is 2.22. The fraction of sp³-hybridized carbons (Fsp3) is 0.0588. The summed E-state index contributed by atoms with van der Waals surface area (Å²) < 4.78 is 5.23. The van der Waals surface area contributed by atoms with Crippen molar-refractivity contribution in [3.8, 4) is 5.75 Å². The maximum atomic E-state index is 12.6. The topological polar surface area (TPSA) is 46.6 Å². The average Bonchev–Trinajstić information content (AvgIpc) is 2.83. The standard InChI is InChI=1S/C17H12ClNO3S/c1-22-14-9-5-4-8-13(14)19-16(20)15(23-17(19)21)10-11-6-2-3-7-12(11)18/h2-10H,1H3. The molecule has 116 valence electrons. The number of benzene rings is 2. The van der Waals surface area contributed by atoms with E-state index in [0.29, 0.717) is 26.9 Å². The van der Waals surface area contributed by atoms with E-state index in [2.05, 4.69) is 0 Å². The van der Waals surface area contributed by atoms with Crippen LogP contribution in [-0.4, -0.2) is 18.3 Å². The predicted octanol–water partition coefficient (Wildman–Crippen LogP) is 4.59. The number of amides is 2. The van der Waals surface area contributed by atoms with Gasteiger partial charge in [-0.1, -0.05) is 41.9 Å². The highest BCUT2D eigenvalue weighted by atomic mass is 35.5. The highest BCUT2D eigenvalue weighted by Crippen LogP contribution is 2.39. The number of imide groups is 1. The minimum atomic E-state index is -0.385. The molecule has 4 nitrogen and oxygen atoms in total. The van der Waals surface area contributed by atoms with E-state index in [1.807, 2.05) is 6.07 Å². The summed E-state index contributed by atoms with van der Waals surface area (Å²) in [7, 11) is 1.50. The van der Waals surface area contributed by atoms with Crippen molar-refractivity contribution in [2.24, 2.45) is 0 Å². The van der Waals surface area contributed by atoms with E-state index in [1.165, 1.54) is 7.11 Å². The van der Waals surface area contributed by atoms with Gasteiger partial charge >= 0.3 is 0 Å². The van der Waals surface area contributed by atoms with Crippen molar-refractivity contribution in [1.82, 2.24) is 0 Å². The number of nitrogens with zero attached hydrogens (tertiary/aromatic N) is 1. The Hall–Kier alpha value is -2.24. The molecule has 0 aliphatic carbocycles. The molecule has 0 bridgehead atoms. The summed E-state index contributed by atoms with van der Waals surface area (Å²) in [5, 5.41) is 0.161. The summed E-state index contributed by atoms with van der Waals surface area (Å²) in [5.74, 6) is 0.0817. The van der Waals surface area contributed by atoms with E-state index in [0.717, 1.165) is 16.7 Å². The van der Waals surface area contributed by atoms with Gasteiger partial charge in [-0.3, -0.25) is 9.59 Å². The highest BCUT2D eigenvalue weighted by Gasteiger charge is 2.37. The maximum Gasteiger partial charge on any atom is 0.298 e. The Balaban J connectivity index is 1.99. The van der Waals surface area contributed by atoms with Crippen molar-refractivity contribution in [3.05, 3.63) is 64.0 Å². The molecule has 1 fully saturated rings. The first kappa shape index (κ1) is 15.6. The molecule has 2 aromatic rings. The largest absolute Gasteiger partial charge is 0.495 e. The van der Waals surface area contributed by atoms with Crippen LogP contribution in [-0.2, 0) is 4.79 Å². The Kier molecular flexibility index (Phi) is 4.41. The van der Waals surface area contributed by atoms with Gasteiger partial charge in [0.05, 0.1) is 17.7 Å². The number of ether oxygens (including phenoxy) is 1. The predicted molar refractivity (Wildman–Crippen MR) is 92.9 cm³/mol. The molecule has 3 rings (SSSR count). The van der Waals surface area contributed by atoms with Crippen LogP contribution >= 0.6 is 23.4 Å². The van der Waals surface area contributed by atoms with Crippen molar-refractivity contribution in [2.75, 3.05) is 12.0 Å². The third-order valence-corrected chi connectivity index (χ3v) is 4.53. The van der Waals surface area contributed by atoms with Crippen LogP contribution in [0.2, 0.25) is 5.02 Å². The van der Waals surface area contributed by atoms with Crippen LogP contribution in [0, 0.1) is 0 Å². The van der Waals surface area contributed by atoms with Gasteiger partial charge in [0.1, 0.15) is 5.75 Å². The van der Waals surface area contributed by atoms with E-state index in [1.54, 1.807) is 48.5 Å². The van der Waals surface area contributed by atoms with Gasteiger partial charge in [0.15, 0.2) is 0 Å². The SMILES string of the molecule is COc1ccccc1N1C(=O)SC(=Cc2ccccc2Cl)C1=O. The van der Waals surface area contributed by atoms with Crippen LogP contribution in [0.4, 0.5) is 10.5 Å². The minimum absolute atomic E-state index is 0.328. The molecule has 0 N–H and O–H groups in total. The number of carbonyl (C=O) groups is 2.